The molecule has 0 radical (unpaired) electrons. The molecule has 1 fully saturated rings. The van der Waals surface area contributed by atoms with Gasteiger partial charge in [0.1, 0.15) is 0 Å². The van der Waals surface area contributed by atoms with Crippen molar-refractivity contribution in [3.63, 3.8) is 0 Å². The van der Waals surface area contributed by atoms with Gasteiger partial charge in [-0.1, -0.05) is 0 Å². The van der Waals surface area contributed by atoms with Gasteiger partial charge in [-0.2, -0.15) is 0 Å². The lowest BCUT2D eigenvalue weighted by molar-refractivity contribution is -0.119. The highest BCUT2D eigenvalue weighted by Gasteiger charge is 2.22. The molecule has 4 nitrogen and oxygen atoms in total. The van der Waals surface area contributed by atoms with E-state index < -0.39 is 0 Å². The van der Waals surface area contributed by atoms with E-state index in [-0.39, 0.29) is 11.4 Å². The molecule has 1 amide bonds. The average molecular weight is 214 g/mol. The highest BCUT2D eigenvalue weighted by atomic mass is 16.5. The summed E-state index contributed by atoms with van der Waals surface area (Å²) in [6.07, 6.45) is 2.73. The number of nitrogens with one attached hydrogen (secondary N) is 1. The van der Waals surface area contributed by atoms with Crippen molar-refractivity contribution in [1.82, 2.24) is 5.32 Å². The molecular weight excluding hydrogens is 192 g/mol. The van der Waals surface area contributed by atoms with Gasteiger partial charge in [-0.15, -0.1) is 0 Å². The Kier molecular flexibility index (Phi) is 4.54. The van der Waals surface area contributed by atoms with Gasteiger partial charge in [0, 0.05) is 25.1 Å². The molecule has 1 aliphatic rings. The van der Waals surface area contributed by atoms with E-state index in [1.807, 2.05) is 13.8 Å². The standard InChI is InChI=1S/C11H22N2O2/c1-11(2,6-10(12)14)13-7-9-4-3-5-15-8-9/h9,13H,3-8H2,1-2H3,(H2,12,14). The molecule has 1 unspecified atom stereocenters. The summed E-state index contributed by atoms with van der Waals surface area (Å²) in [4.78, 5) is 10.8. The van der Waals surface area contributed by atoms with Crippen LogP contribution in [0.1, 0.15) is 33.1 Å². The Morgan fingerprint density at radius 1 is 1.60 bits per heavy atom. The third kappa shape index (κ3) is 5.14. The first-order valence-electron chi connectivity index (χ1n) is 5.61. The highest BCUT2D eigenvalue weighted by Crippen LogP contribution is 2.15. The van der Waals surface area contributed by atoms with Gasteiger partial charge < -0.3 is 15.8 Å². The van der Waals surface area contributed by atoms with Crippen LogP contribution in [0.4, 0.5) is 0 Å². The fourth-order valence-corrected chi connectivity index (χ4v) is 1.89. The topological polar surface area (TPSA) is 64.4 Å². The Bertz CT molecular complexity index is 211. The van der Waals surface area contributed by atoms with Gasteiger partial charge >= 0.3 is 0 Å². The summed E-state index contributed by atoms with van der Waals surface area (Å²) in [6.45, 7) is 6.63. The molecular formula is C11H22N2O2. The van der Waals surface area contributed by atoms with Crippen molar-refractivity contribution in [1.29, 1.82) is 0 Å². The molecule has 0 saturated carbocycles. The van der Waals surface area contributed by atoms with Crippen LogP contribution in [0.15, 0.2) is 0 Å². The SMILES string of the molecule is CC(C)(CC(N)=O)NCC1CCCOC1. The van der Waals surface area contributed by atoms with E-state index in [4.69, 9.17) is 10.5 Å². The molecule has 1 atom stereocenters. The van der Waals surface area contributed by atoms with E-state index >= 15 is 0 Å². The fourth-order valence-electron chi connectivity index (χ4n) is 1.89. The molecule has 0 spiro atoms. The fraction of sp³-hybridized carbons (Fsp3) is 0.909. The molecule has 1 saturated heterocycles. The molecule has 4 heteroatoms. The van der Waals surface area contributed by atoms with Crippen LogP contribution < -0.4 is 11.1 Å². The first-order chi connectivity index (χ1) is 6.99. The lowest BCUT2D eigenvalue weighted by atomic mass is 9.97. The van der Waals surface area contributed by atoms with Gasteiger partial charge in [0.2, 0.25) is 5.91 Å². The lowest BCUT2D eigenvalue weighted by Crippen LogP contribution is -2.45. The minimum absolute atomic E-state index is 0.205. The summed E-state index contributed by atoms with van der Waals surface area (Å²) < 4.78 is 5.40. The number of nitrogens with two attached hydrogens (primary N) is 1. The zero-order valence-corrected chi connectivity index (χ0v) is 9.71. The number of carbonyl (C=O) groups is 1. The van der Waals surface area contributed by atoms with Gasteiger partial charge in [-0.3, -0.25) is 4.79 Å². The van der Waals surface area contributed by atoms with Crippen LogP contribution in [-0.4, -0.2) is 31.2 Å². The van der Waals surface area contributed by atoms with Crippen molar-refractivity contribution in [2.45, 2.75) is 38.6 Å². The normalized spacial score (nSPS) is 22.7. The number of rotatable bonds is 5. The molecule has 1 rings (SSSR count). The van der Waals surface area contributed by atoms with Crippen molar-refractivity contribution in [2.75, 3.05) is 19.8 Å². The van der Waals surface area contributed by atoms with Crippen LogP contribution in [-0.2, 0) is 9.53 Å². The third-order valence-electron chi connectivity index (χ3n) is 2.74. The summed E-state index contributed by atoms with van der Waals surface area (Å²) >= 11 is 0. The predicted octanol–water partition coefficient (Wildman–Crippen LogP) is 0.657. The van der Waals surface area contributed by atoms with E-state index in [9.17, 15) is 4.79 Å². The average Bonchev–Trinajstić information content (AvgIpc) is 2.15. The Morgan fingerprint density at radius 2 is 2.33 bits per heavy atom. The van der Waals surface area contributed by atoms with Gasteiger partial charge in [-0.25, -0.2) is 0 Å². The number of hydrogen-bond donors (Lipinski definition) is 2. The summed E-state index contributed by atoms with van der Waals surface area (Å²) in [5.74, 6) is 0.318. The second-order valence-electron chi connectivity index (χ2n) is 4.99. The van der Waals surface area contributed by atoms with Crippen LogP contribution in [0.25, 0.3) is 0 Å². The smallest absolute Gasteiger partial charge is 0.219 e. The largest absolute Gasteiger partial charge is 0.381 e. The molecule has 88 valence electrons. The van der Waals surface area contributed by atoms with E-state index in [1.54, 1.807) is 0 Å². The van der Waals surface area contributed by atoms with E-state index in [2.05, 4.69) is 5.32 Å². The summed E-state index contributed by atoms with van der Waals surface area (Å²) in [7, 11) is 0. The summed E-state index contributed by atoms with van der Waals surface area (Å²) in [5, 5.41) is 3.38. The van der Waals surface area contributed by atoms with Crippen molar-refractivity contribution < 1.29 is 9.53 Å². The van der Waals surface area contributed by atoms with Crippen LogP contribution >= 0.6 is 0 Å². The second kappa shape index (κ2) is 5.47. The summed E-state index contributed by atoms with van der Waals surface area (Å²) in [5.41, 5.74) is 4.98. The van der Waals surface area contributed by atoms with Crippen molar-refractivity contribution in [3.05, 3.63) is 0 Å². The van der Waals surface area contributed by atoms with E-state index in [1.165, 1.54) is 6.42 Å². The highest BCUT2D eigenvalue weighted by molar-refractivity contribution is 5.74. The maximum absolute atomic E-state index is 10.8. The van der Waals surface area contributed by atoms with Gasteiger partial charge in [0.15, 0.2) is 0 Å². The van der Waals surface area contributed by atoms with Gasteiger partial charge in [0.05, 0.1) is 6.61 Å². The van der Waals surface area contributed by atoms with Crippen LogP contribution in [0, 0.1) is 5.92 Å². The Morgan fingerprint density at radius 3 is 2.87 bits per heavy atom. The number of primary amides is 1. The zero-order valence-electron chi connectivity index (χ0n) is 9.71. The van der Waals surface area contributed by atoms with Crippen molar-refractivity contribution in [2.24, 2.45) is 11.7 Å². The minimum Gasteiger partial charge on any atom is -0.381 e. The lowest BCUT2D eigenvalue weighted by Gasteiger charge is -2.29. The van der Waals surface area contributed by atoms with E-state index in [0.717, 1.165) is 26.2 Å². The molecule has 0 aromatic heterocycles. The monoisotopic (exact) mass is 214 g/mol. The van der Waals surface area contributed by atoms with Gasteiger partial charge in [0.25, 0.3) is 0 Å². The Hall–Kier alpha value is -0.610. The molecule has 15 heavy (non-hydrogen) atoms. The first kappa shape index (κ1) is 12.5. The quantitative estimate of drug-likeness (QED) is 0.706. The molecule has 1 aliphatic heterocycles. The van der Waals surface area contributed by atoms with Crippen molar-refractivity contribution in [3.8, 4) is 0 Å². The summed E-state index contributed by atoms with van der Waals surface area (Å²) in [6, 6.07) is 0. The van der Waals surface area contributed by atoms with Crippen molar-refractivity contribution >= 4 is 5.91 Å². The van der Waals surface area contributed by atoms with Crippen LogP contribution in [0.5, 0.6) is 0 Å². The number of carbonyl (C=O) groups excluding carboxylic acids is 1. The maximum Gasteiger partial charge on any atom is 0.219 e. The molecule has 0 aromatic carbocycles. The number of hydrogen-bond acceptors (Lipinski definition) is 3. The molecule has 0 aromatic rings. The number of ether oxygens (including phenoxy) is 1. The zero-order chi connectivity index (χ0) is 11.3. The van der Waals surface area contributed by atoms with E-state index in [0.29, 0.717) is 12.3 Å². The minimum atomic E-state index is -0.257. The molecule has 0 bridgehead atoms. The molecule has 3 N–H and O–H groups in total. The first-order valence-corrected chi connectivity index (χ1v) is 5.61. The Labute approximate surface area is 91.5 Å². The Balaban J connectivity index is 2.24. The molecule has 0 aliphatic carbocycles. The van der Waals surface area contributed by atoms with Gasteiger partial charge in [-0.05, 0) is 32.6 Å². The number of amides is 1. The predicted molar refractivity (Wildman–Crippen MR) is 59.4 cm³/mol. The van der Waals surface area contributed by atoms with Crippen LogP contribution in [0.3, 0.4) is 0 Å². The second-order valence-corrected chi connectivity index (χ2v) is 4.99. The molecule has 1 heterocycles. The van der Waals surface area contributed by atoms with Crippen LogP contribution in [0.2, 0.25) is 0 Å². The third-order valence-corrected chi connectivity index (χ3v) is 2.74. The maximum atomic E-state index is 10.8.